The molecular weight excluding hydrogens is 969 g/mol. The largest absolute Gasteiger partial charge is 0.514 e. The summed E-state index contributed by atoms with van der Waals surface area (Å²) in [7, 11) is 1.06. The van der Waals surface area contributed by atoms with E-state index >= 15 is 0 Å². The van der Waals surface area contributed by atoms with Gasteiger partial charge in [-0.2, -0.15) is 0 Å². The first kappa shape index (κ1) is 54.9. The molecule has 0 saturated carbocycles. The third-order valence-electron chi connectivity index (χ3n) is 12.1. The summed E-state index contributed by atoms with van der Waals surface area (Å²) in [6, 6.07) is 22.7. The molecule has 74 heavy (non-hydrogen) atoms. The highest BCUT2D eigenvalue weighted by Crippen LogP contribution is 2.44. The molecule has 4 aromatic carbocycles. The van der Waals surface area contributed by atoms with Crippen LogP contribution in [-0.4, -0.2) is 109 Å². The van der Waals surface area contributed by atoms with Crippen LogP contribution in [0.15, 0.2) is 91.0 Å². The van der Waals surface area contributed by atoms with Gasteiger partial charge in [-0.05, 0) is 83.3 Å². The molecule has 0 bridgehead atoms. The lowest BCUT2D eigenvalue weighted by molar-refractivity contribution is -0.384. The summed E-state index contributed by atoms with van der Waals surface area (Å²) in [6.45, 7) is 7.66. The minimum Gasteiger partial charge on any atom is -0.467 e. The Labute approximate surface area is 424 Å². The monoisotopic (exact) mass is 1020 g/mol. The minimum absolute atomic E-state index is 0.0179. The van der Waals surface area contributed by atoms with Crippen LogP contribution in [0.5, 0.6) is 5.75 Å². The Morgan fingerprint density at radius 3 is 1.88 bits per heavy atom. The molecule has 1 saturated heterocycles. The molecule has 7 atom stereocenters. The van der Waals surface area contributed by atoms with E-state index in [-0.39, 0.29) is 42.5 Å². The summed E-state index contributed by atoms with van der Waals surface area (Å²) in [5.41, 5.74) is 4.83. The predicted octanol–water partition coefficient (Wildman–Crippen LogP) is 5.99. The maximum atomic E-state index is 13.7. The first-order valence-electron chi connectivity index (χ1n) is 23.4. The number of hydrogen-bond acceptors (Lipinski definition) is 18. The highest BCUT2D eigenvalue weighted by Gasteiger charge is 2.54. The number of benzene rings is 4. The smallest absolute Gasteiger partial charge is 0.467 e. The van der Waals surface area contributed by atoms with Gasteiger partial charge < -0.3 is 53.8 Å². The van der Waals surface area contributed by atoms with Crippen LogP contribution in [0.4, 0.5) is 21.0 Å². The van der Waals surface area contributed by atoms with Gasteiger partial charge in [0.1, 0.15) is 31.0 Å². The number of non-ortho nitro benzene ring substituents is 1. The predicted molar refractivity (Wildman–Crippen MR) is 259 cm³/mol. The highest BCUT2D eigenvalue weighted by atomic mass is 16.7. The van der Waals surface area contributed by atoms with Crippen LogP contribution in [-0.2, 0) is 75.0 Å². The van der Waals surface area contributed by atoms with E-state index in [1.165, 1.54) is 37.3 Å². The van der Waals surface area contributed by atoms with Gasteiger partial charge in [0, 0.05) is 44.5 Å². The number of esters is 4. The molecule has 3 N–H and O–H groups in total. The second-order valence-electron chi connectivity index (χ2n) is 17.7. The van der Waals surface area contributed by atoms with Crippen LogP contribution in [0, 0.1) is 16.0 Å². The number of amides is 3. The number of aryl methyl sites for hydroxylation is 1. The number of nitro groups is 1. The Morgan fingerprint density at radius 1 is 0.703 bits per heavy atom. The van der Waals surface area contributed by atoms with Crippen molar-refractivity contribution in [1.82, 2.24) is 10.6 Å². The molecule has 22 nitrogen and oxygen atoms in total. The molecular formula is C52H56N4O18. The fourth-order valence-corrected chi connectivity index (χ4v) is 8.63. The molecule has 1 unspecified atom stereocenters. The van der Waals surface area contributed by atoms with Crippen molar-refractivity contribution in [2.45, 2.75) is 110 Å². The number of nitro benzene ring substituents is 1. The van der Waals surface area contributed by atoms with E-state index in [1.807, 2.05) is 48.5 Å². The number of ether oxygens (including phenoxy) is 8. The van der Waals surface area contributed by atoms with Gasteiger partial charge >= 0.3 is 36.1 Å². The van der Waals surface area contributed by atoms with Crippen LogP contribution < -0.4 is 20.7 Å². The number of rotatable bonds is 19. The third kappa shape index (κ3) is 14.0. The van der Waals surface area contributed by atoms with Gasteiger partial charge in [-0.15, -0.1) is 0 Å². The van der Waals surface area contributed by atoms with Gasteiger partial charge in [0.2, 0.25) is 11.8 Å². The number of carbonyl (C=O) groups excluding carboxylic acids is 8. The van der Waals surface area contributed by atoms with Crippen molar-refractivity contribution in [1.29, 1.82) is 0 Å². The maximum absolute atomic E-state index is 13.7. The van der Waals surface area contributed by atoms with E-state index in [2.05, 4.69) is 16.0 Å². The number of methoxy groups -OCH3 is 1. The number of anilines is 1. The zero-order chi connectivity index (χ0) is 53.8. The minimum atomic E-state index is -1.66. The number of nitrogens with one attached hydrogen (secondary N) is 3. The topological polar surface area (TPSA) is 290 Å². The van der Waals surface area contributed by atoms with E-state index in [0.717, 1.165) is 62.3 Å². The molecule has 1 aliphatic heterocycles. The van der Waals surface area contributed by atoms with Crippen molar-refractivity contribution in [3.63, 3.8) is 0 Å². The number of alkyl carbamates (subject to hydrolysis) is 1. The molecule has 6 rings (SSSR count). The van der Waals surface area contributed by atoms with E-state index < -0.39 is 108 Å². The molecule has 1 heterocycles. The van der Waals surface area contributed by atoms with Crippen LogP contribution in [0.3, 0.4) is 0 Å². The number of hydrogen-bond donors (Lipinski definition) is 3. The SMILES string of the molecule is COC(=O)C1O[C@@H](CCc2cc(NC(=O)[C@H](C)NC(=O)[C@@H](NC(=O)OCC3c4ccccc4-c4ccccc43)C(C)C)ccc2COC(=O)Oc2ccc([N+](=O)[O-])cc2)[C@H](OC(C)=O)[C@@H](OC(C)=O)[C@@H]1OC(C)=O. The summed E-state index contributed by atoms with van der Waals surface area (Å²) < 4.78 is 43.7. The Bertz CT molecular complexity index is 2720. The second kappa shape index (κ2) is 24.8. The van der Waals surface area contributed by atoms with E-state index in [0.29, 0.717) is 11.1 Å². The van der Waals surface area contributed by atoms with Crippen molar-refractivity contribution >= 4 is 59.3 Å². The van der Waals surface area contributed by atoms with E-state index in [1.54, 1.807) is 13.8 Å². The Hall–Kier alpha value is -8.40. The fraction of sp³-hybridized carbons (Fsp3) is 0.385. The first-order valence-corrected chi connectivity index (χ1v) is 23.4. The van der Waals surface area contributed by atoms with Crippen molar-refractivity contribution in [3.05, 3.63) is 123 Å². The average Bonchev–Trinajstić information content (AvgIpc) is 3.67. The summed E-state index contributed by atoms with van der Waals surface area (Å²) >= 11 is 0. The first-order chi connectivity index (χ1) is 35.2. The Kier molecular flexibility index (Phi) is 18.4. The van der Waals surface area contributed by atoms with Gasteiger partial charge in [0.25, 0.3) is 5.69 Å². The molecule has 22 heteroatoms. The summed E-state index contributed by atoms with van der Waals surface area (Å²) in [4.78, 5) is 114. The van der Waals surface area contributed by atoms with Gasteiger partial charge in [-0.25, -0.2) is 14.4 Å². The zero-order valence-electron chi connectivity index (χ0n) is 41.5. The molecule has 0 aromatic heterocycles. The molecule has 4 aromatic rings. The Morgan fingerprint density at radius 2 is 1.30 bits per heavy atom. The van der Waals surface area contributed by atoms with Crippen LogP contribution in [0.1, 0.15) is 76.1 Å². The Balaban J connectivity index is 1.17. The lowest BCUT2D eigenvalue weighted by Crippen LogP contribution is -2.63. The van der Waals surface area contributed by atoms with Crippen molar-refractivity contribution in [3.8, 4) is 16.9 Å². The molecule has 3 amide bonds. The fourth-order valence-electron chi connectivity index (χ4n) is 8.63. The van der Waals surface area contributed by atoms with E-state index in [9.17, 15) is 48.5 Å². The van der Waals surface area contributed by atoms with Crippen molar-refractivity contribution < 1.29 is 81.2 Å². The van der Waals surface area contributed by atoms with Crippen molar-refractivity contribution in [2.75, 3.05) is 19.0 Å². The maximum Gasteiger partial charge on any atom is 0.514 e. The molecule has 1 fully saturated rings. The van der Waals surface area contributed by atoms with Gasteiger partial charge in [-0.3, -0.25) is 34.1 Å². The number of nitrogens with zero attached hydrogens (tertiary/aromatic N) is 1. The number of fused-ring (bicyclic) bond motifs is 3. The summed E-state index contributed by atoms with van der Waals surface area (Å²) in [5.74, 6) is -5.60. The quantitative estimate of drug-likeness (QED) is 0.0320. The van der Waals surface area contributed by atoms with Crippen LogP contribution >= 0.6 is 0 Å². The van der Waals surface area contributed by atoms with Gasteiger partial charge in [0.05, 0.1) is 18.1 Å². The van der Waals surface area contributed by atoms with Crippen LogP contribution in [0.25, 0.3) is 11.1 Å². The molecule has 1 aliphatic carbocycles. The van der Waals surface area contributed by atoms with E-state index in [4.69, 9.17) is 37.9 Å². The van der Waals surface area contributed by atoms with Gasteiger partial charge in [-0.1, -0.05) is 68.4 Å². The number of carbonyl (C=O) groups is 8. The summed E-state index contributed by atoms with van der Waals surface area (Å²) in [6.07, 6.45) is -9.65. The van der Waals surface area contributed by atoms with Gasteiger partial charge in [0.15, 0.2) is 24.4 Å². The lowest BCUT2D eigenvalue weighted by Gasteiger charge is -2.43. The average molecular weight is 1030 g/mol. The second-order valence-corrected chi connectivity index (χ2v) is 17.7. The third-order valence-corrected chi connectivity index (χ3v) is 12.1. The summed E-state index contributed by atoms with van der Waals surface area (Å²) in [5, 5.41) is 19.1. The van der Waals surface area contributed by atoms with Crippen LogP contribution in [0.2, 0.25) is 0 Å². The zero-order valence-corrected chi connectivity index (χ0v) is 41.5. The molecule has 0 spiro atoms. The standard InChI is InChI=1S/C52H56N4O18/c1-27(2)43(55-51(63)68-26-41-39-14-10-8-12-37(39)38-13-9-11-15-40(38)41)49(61)53-28(3)48(60)54-34-18-16-33(25-69-52(64)73-36-21-19-35(20-22-36)56(65)66)32(24-34)17-23-42-44(70-29(4)57)45(71-30(5)58)46(72-31(6)59)47(74-42)50(62)67-7/h8-16,18-22,24,27-28,41-47H,17,23,25-26H2,1-7H3,(H,53,61)(H,54,60)(H,55,63)/t28-,42-,43-,44-,45+,46-,47?/m0/s1. The normalized spacial score (nSPS) is 18.5. The van der Waals surface area contributed by atoms with Crippen molar-refractivity contribution in [2.24, 2.45) is 5.92 Å². The molecule has 0 radical (unpaired) electrons. The lowest BCUT2D eigenvalue weighted by atomic mass is 9.90. The molecule has 392 valence electrons. The highest BCUT2D eigenvalue weighted by molar-refractivity contribution is 5.98. The molecule has 2 aliphatic rings.